The molecule has 9 heteroatoms. The molecule has 122 valence electrons. The van der Waals surface area contributed by atoms with Crippen molar-refractivity contribution in [2.45, 2.75) is 6.10 Å². The van der Waals surface area contributed by atoms with E-state index in [1.54, 1.807) is 0 Å². The van der Waals surface area contributed by atoms with E-state index in [2.05, 4.69) is 14.2 Å². The van der Waals surface area contributed by atoms with E-state index in [4.69, 9.17) is 14.2 Å². The molecule has 0 aromatic heterocycles. The van der Waals surface area contributed by atoms with Crippen molar-refractivity contribution >= 4 is 17.9 Å². The summed E-state index contributed by atoms with van der Waals surface area (Å²) >= 11 is 0. The quantitative estimate of drug-likeness (QED) is 0.348. The second-order valence-corrected chi connectivity index (χ2v) is 3.69. The van der Waals surface area contributed by atoms with Crippen LogP contribution in [0.1, 0.15) is 0 Å². The lowest BCUT2D eigenvalue weighted by Crippen LogP contribution is -2.30. The van der Waals surface area contributed by atoms with Crippen LogP contribution in [0.3, 0.4) is 0 Å². The second kappa shape index (κ2) is 12.1. The highest BCUT2D eigenvalue weighted by Gasteiger charge is 2.15. The lowest BCUT2D eigenvalue weighted by Gasteiger charge is -2.17. The molecule has 0 aliphatic rings. The molecule has 21 heavy (non-hydrogen) atoms. The van der Waals surface area contributed by atoms with Crippen LogP contribution in [0.2, 0.25) is 0 Å². The van der Waals surface area contributed by atoms with Gasteiger partial charge >= 0.3 is 17.9 Å². The highest BCUT2D eigenvalue weighted by atomic mass is 16.6. The van der Waals surface area contributed by atoms with E-state index in [0.29, 0.717) is 0 Å². The van der Waals surface area contributed by atoms with Crippen molar-refractivity contribution in [3.8, 4) is 0 Å². The molecule has 0 spiro atoms. The van der Waals surface area contributed by atoms with Crippen molar-refractivity contribution in [2.75, 3.05) is 54.4 Å². The van der Waals surface area contributed by atoms with Crippen LogP contribution in [0.4, 0.5) is 0 Å². The lowest BCUT2D eigenvalue weighted by molar-refractivity contribution is -0.157. The van der Waals surface area contributed by atoms with E-state index in [0.717, 1.165) is 0 Å². The molecular formula is C12H20O9. The zero-order valence-corrected chi connectivity index (χ0v) is 12.3. The lowest BCUT2D eigenvalue weighted by atomic mass is 10.4. The average Bonchev–Trinajstić information content (AvgIpc) is 2.50. The van der Waals surface area contributed by atoms with Crippen molar-refractivity contribution in [3.05, 3.63) is 0 Å². The molecule has 0 atom stereocenters. The zero-order chi connectivity index (χ0) is 16.1. The molecule has 0 aliphatic heterocycles. The molecule has 0 saturated carbocycles. The minimum absolute atomic E-state index is 0.0206. The normalized spacial score (nSPS) is 10.3. The number of carbonyl (C=O) groups is 3. The Hall–Kier alpha value is -1.71. The molecule has 0 aromatic carbocycles. The maximum absolute atomic E-state index is 11.0. The molecule has 0 aromatic rings. The third kappa shape index (κ3) is 10.7. The largest absolute Gasteiger partial charge is 0.467 e. The van der Waals surface area contributed by atoms with Gasteiger partial charge in [0.25, 0.3) is 0 Å². The van der Waals surface area contributed by atoms with Crippen LogP contribution < -0.4 is 0 Å². The van der Waals surface area contributed by atoms with Gasteiger partial charge in [-0.25, -0.2) is 14.4 Å². The Balaban J connectivity index is 4.10. The van der Waals surface area contributed by atoms with E-state index >= 15 is 0 Å². The Labute approximate surface area is 122 Å². The van der Waals surface area contributed by atoms with Gasteiger partial charge in [0.2, 0.25) is 0 Å². The highest BCUT2D eigenvalue weighted by Crippen LogP contribution is 1.97. The number of hydrogen-bond donors (Lipinski definition) is 0. The molecule has 0 aliphatic carbocycles. The second-order valence-electron chi connectivity index (χ2n) is 3.69. The molecule has 0 bridgehead atoms. The Kier molecular flexibility index (Phi) is 11.1. The molecule has 0 radical (unpaired) electrons. The Morgan fingerprint density at radius 1 is 0.714 bits per heavy atom. The Morgan fingerprint density at radius 2 is 1.10 bits per heavy atom. The number of rotatable bonds is 11. The number of methoxy groups -OCH3 is 3. The first-order valence-electron chi connectivity index (χ1n) is 6.01. The van der Waals surface area contributed by atoms with Crippen molar-refractivity contribution in [1.82, 2.24) is 0 Å². The van der Waals surface area contributed by atoms with Crippen LogP contribution in [0.5, 0.6) is 0 Å². The van der Waals surface area contributed by atoms with E-state index in [1.165, 1.54) is 21.3 Å². The fourth-order valence-electron chi connectivity index (χ4n) is 1.05. The summed E-state index contributed by atoms with van der Waals surface area (Å²) in [6, 6.07) is 0. The molecule has 9 nitrogen and oxygen atoms in total. The summed E-state index contributed by atoms with van der Waals surface area (Å²) in [7, 11) is 3.69. The van der Waals surface area contributed by atoms with Gasteiger partial charge in [-0.1, -0.05) is 0 Å². The maximum Gasteiger partial charge on any atom is 0.331 e. The topological polar surface area (TPSA) is 107 Å². The number of ether oxygens (including phenoxy) is 6. The molecule has 0 heterocycles. The smallest absolute Gasteiger partial charge is 0.331 e. The van der Waals surface area contributed by atoms with Crippen LogP contribution in [0.25, 0.3) is 0 Å². The van der Waals surface area contributed by atoms with Crippen LogP contribution >= 0.6 is 0 Å². The summed E-state index contributed by atoms with van der Waals surface area (Å²) < 4.78 is 28.5. The SMILES string of the molecule is COC(=O)COCC(COCC(=O)OC)OCC(=O)OC. The molecule has 0 amide bonds. The molecule has 0 saturated heterocycles. The number of carbonyl (C=O) groups excluding carboxylic acids is 3. The van der Waals surface area contributed by atoms with Crippen LogP contribution in [0.15, 0.2) is 0 Å². The molecule has 0 unspecified atom stereocenters. The van der Waals surface area contributed by atoms with Crippen molar-refractivity contribution in [1.29, 1.82) is 0 Å². The summed E-state index contributed by atoms with van der Waals surface area (Å²) in [5.41, 5.74) is 0. The molecule has 0 rings (SSSR count). The van der Waals surface area contributed by atoms with Crippen LogP contribution in [-0.2, 0) is 42.8 Å². The first kappa shape index (κ1) is 19.3. The number of hydrogen-bond acceptors (Lipinski definition) is 9. The van der Waals surface area contributed by atoms with Crippen LogP contribution in [0, 0.1) is 0 Å². The van der Waals surface area contributed by atoms with E-state index in [1.807, 2.05) is 0 Å². The predicted molar refractivity (Wildman–Crippen MR) is 67.4 cm³/mol. The highest BCUT2D eigenvalue weighted by molar-refractivity contribution is 5.71. The summed E-state index contributed by atoms with van der Waals surface area (Å²) in [5.74, 6) is -1.66. The molecule has 0 fully saturated rings. The zero-order valence-electron chi connectivity index (χ0n) is 12.3. The van der Waals surface area contributed by atoms with Crippen LogP contribution in [-0.4, -0.2) is 78.4 Å². The van der Waals surface area contributed by atoms with Gasteiger partial charge in [0, 0.05) is 0 Å². The van der Waals surface area contributed by atoms with Gasteiger partial charge in [-0.15, -0.1) is 0 Å². The van der Waals surface area contributed by atoms with Crippen molar-refractivity contribution in [3.63, 3.8) is 0 Å². The van der Waals surface area contributed by atoms with E-state index in [9.17, 15) is 14.4 Å². The molecular weight excluding hydrogens is 288 g/mol. The third-order valence-electron chi connectivity index (χ3n) is 2.17. The van der Waals surface area contributed by atoms with Gasteiger partial charge in [-0.05, 0) is 0 Å². The third-order valence-corrected chi connectivity index (χ3v) is 2.17. The summed E-state index contributed by atoms with van der Waals surface area (Å²) in [5, 5.41) is 0. The van der Waals surface area contributed by atoms with Gasteiger partial charge in [0.05, 0.1) is 34.5 Å². The standard InChI is InChI=1S/C12H20O9/c1-16-10(13)6-19-4-9(21-8-12(15)18-3)5-20-7-11(14)17-2/h9H,4-8H2,1-3H3. The minimum Gasteiger partial charge on any atom is -0.467 e. The minimum atomic E-state index is -0.654. The monoisotopic (exact) mass is 308 g/mol. The van der Waals surface area contributed by atoms with Crippen molar-refractivity contribution < 1.29 is 42.8 Å². The van der Waals surface area contributed by atoms with Gasteiger partial charge in [0.15, 0.2) is 0 Å². The summed E-state index contributed by atoms with van der Waals surface area (Å²) in [6.45, 7) is -0.859. The first-order chi connectivity index (χ1) is 10.0. The average molecular weight is 308 g/mol. The fraction of sp³-hybridized carbons (Fsp3) is 0.750. The molecule has 0 N–H and O–H groups in total. The van der Waals surface area contributed by atoms with Gasteiger partial charge in [-0.3, -0.25) is 0 Å². The van der Waals surface area contributed by atoms with E-state index in [-0.39, 0.29) is 33.0 Å². The van der Waals surface area contributed by atoms with Gasteiger partial charge < -0.3 is 28.4 Å². The van der Waals surface area contributed by atoms with Crippen molar-refractivity contribution in [2.24, 2.45) is 0 Å². The predicted octanol–water partition coefficient (Wildman–Crippen LogP) is -1.08. The van der Waals surface area contributed by atoms with E-state index < -0.39 is 24.0 Å². The Morgan fingerprint density at radius 3 is 1.48 bits per heavy atom. The van der Waals surface area contributed by atoms with Gasteiger partial charge in [-0.2, -0.15) is 0 Å². The number of esters is 3. The summed E-state index contributed by atoms with van der Waals surface area (Å²) in [6.07, 6.45) is -0.654. The fourth-order valence-corrected chi connectivity index (χ4v) is 1.05. The summed E-state index contributed by atoms with van der Waals surface area (Å²) in [4.78, 5) is 32.8. The Bertz CT molecular complexity index is 307. The maximum atomic E-state index is 11.0. The first-order valence-corrected chi connectivity index (χ1v) is 6.01. The van der Waals surface area contributed by atoms with Gasteiger partial charge in [0.1, 0.15) is 25.9 Å².